The fourth-order valence-electron chi connectivity index (χ4n) is 1.55. The average Bonchev–Trinajstić information content (AvgIpc) is 2.66. The molecule has 1 saturated heterocycles. The lowest BCUT2D eigenvalue weighted by atomic mass is 10.4. The topological polar surface area (TPSA) is 79.5 Å². The van der Waals surface area contributed by atoms with Gasteiger partial charge in [0.1, 0.15) is 0 Å². The number of nitrogens with two attached hydrogens (primary N) is 1. The molecule has 0 amide bonds. The van der Waals surface area contributed by atoms with Crippen molar-refractivity contribution in [3.05, 3.63) is 6.20 Å². The van der Waals surface area contributed by atoms with E-state index in [0.717, 1.165) is 24.4 Å². The molecule has 0 radical (unpaired) electrons. The van der Waals surface area contributed by atoms with E-state index >= 15 is 0 Å². The molecule has 6 nitrogen and oxygen atoms in total. The minimum atomic E-state index is -3.38. The molecule has 0 aromatic carbocycles. The lowest BCUT2D eigenvalue weighted by molar-refractivity contribution is 0.222. The molecule has 90 valence electrons. The zero-order valence-corrected chi connectivity index (χ0v) is 10.6. The van der Waals surface area contributed by atoms with Crippen molar-refractivity contribution in [2.75, 3.05) is 39.0 Å². The summed E-state index contributed by atoms with van der Waals surface area (Å²) in [5, 5.41) is 0.285. The molecular formula is C8H14N4O2S2. The first kappa shape index (κ1) is 11.8. The first-order valence-corrected chi connectivity index (χ1v) is 7.16. The molecule has 1 aromatic rings. The summed E-state index contributed by atoms with van der Waals surface area (Å²) in [6.07, 6.45) is 1.33. The first-order valence-electron chi connectivity index (χ1n) is 4.90. The molecule has 0 atom stereocenters. The van der Waals surface area contributed by atoms with Gasteiger partial charge in [-0.15, -0.1) is 0 Å². The van der Waals surface area contributed by atoms with Gasteiger partial charge in [-0.25, -0.2) is 13.4 Å². The monoisotopic (exact) mass is 262 g/mol. The van der Waals surface area contributed by atoms with Gasteiger partial charge in [-0.3, -0.25) is 0 Å². The standard InChI is InChI=1S/C8H14N4O2S2/c1-11-2-4-12(5-3-11)16(13,14)7-6-10-8(9)15-7/h6H,2-5H2,1H3,(H2,9,10). The van der Waals surface area contributed by atoms with Crippen molar-refractivity contribution in [1.29, 1.82) is 0 Å². The molecule has 16 heavy (non-hydrogen) atoms. The summed E-state index contributed by atoms with van der Waals surface area (Å²) in [5.41, 5.74) is 5.44. The van der Waals surface area contributed by atoms with Crippen LogP contribution in [0.4, 0.5) is 5.13 Å². The second-order valence-electron chi connectivity index (χ2n) is 3.72. The molecule has 2 heterocycles. The zero-order valence-electron chi connectivity index (χ0n) is 8.96. The molecule has 0 unspecified atom stereocenters. The Morgan fingerprint density at radius 3 is 2.50 bits per heavy atom. The van der Waals surface area contributed by atoms with E-state index in [-0.39, 0.29) is 9.34 Å². The third kappa shape index (κ3) is 2.19. The number of rotatable bonds is 2. The predicted molar refractivity (Wildman–Crippen MR) is 62.8 cm³/mol. The van der Waals surface area contributed by atoms with Crippen LogP contribution in [0.15, 0.2) is 10.4 Å². The van der Waals surface area contributed by atoms with Crippen molar-refractivity contribution >= 4 is 26.5 Å². The molecule has 0 spiro atoms. The fraction of sp³-hybridized carbons (Fsp3) is 0.625. The Hall–Kier alpha value is -0.700. The highest BCUT2D eigenvalue weighted by molar-refractivity contribution is 7.91. The van der Waals surface area contributed by atoms with E-state index in [9.17, 15) is 8.42 Å². The van der Waals surface area contributed by atoms with Gasteiger partial charge in [-0.1, -0.05) is 11.3 Å². The van der Waals surface area contributed by atoms with Crippen molar-refractivity contribution < 1.29 is 8.42 Å². The molecule has 1 fully saturated rings. The minimum Gasteiger partial charge on any atom is -0.375 e. The molecule has 0 aliphatic carbocycles. The Kier molecular flexibility index (Phi) is 3.15. The molecule has 1 aliphatic rings. The highest BCUT2D eigenvalue weighted by Gasteiger charge is 2.28. The number of nitrogens with zero attached hydrogens (tertiary/aromatic N) is 3. The SMILES string of the molecule is CN1CCN(S(=O)(=O)c2cnc(N)s2)CC1. The molecular weight excluding hydrogens is 248 g/mol. The van der Waals surface area contributed by atoms with E-state index in [1.807, 2.05) is 7.05 Å². The summed E-state index contributed by atoms with van der Waals surface area (Å²) in [6, 6.07) is 0. The Morgan fingerprint density at radius 2 is 2.00 bits per heavy atom. The van der Waals surface area contributed by atoms with Gasteiger partial charge >= 0.3 is 0 Å². The Balaban J connectivity index is 2.20. The van der Waals surface area contributed by atoms with E-state index in [2.05, 4.69) is 9.88 Å². The normalized spacial score (nSPS) is 20.1. The van der Waals surface area contributed by atoms with Crippen LogP contribution in [0.5, 0.6) is 0 Å². The maximum absolute atomic E-state index is 12.1. The summed E-state index contributed by atoms with van der Waals surface area (Å²) in [6.45, 7) is 2.56. The number of piperazine rings is 1. The third-order valence-electron chi connectivity index (χ3n) is 2.56. The van der Waals surface area contributed by atoms with E-state index in [1.54, 1.807) is 0 Å². The molecule has 2 rings (SSSR count). The van der Waals surface area contributed by atoms with E-state index in [0.29, 0.717) is 13.1 Å². The third-order valence-corrected chi connectivity index (χ3v) is 5.72. The van der Waals surface area contributed by atoms with Crippen LogP contribution >= 0.6 is 11.3 Å². The van der Waals surface area contributed by atoms with Gasteiger partial charge in [-0.05, 0) is 7.05 Å². The van der Waals surface area contributed by atoms with Crippen LogP contribution in [-0.2, 0) is 10.0 Å². The van der Waals surface area contributed by atoms with Crippen molar-refractivity contribution in [2.24, 2.45) is 0 Å². The molecule has 1 aliphatic heterocycles. The van der Waals surface area contributed by atoms with Gasteiger partial charge < -0.3 is 10.6 Å². The largest absolute Gasteiger partial charge is 0.375 e. The first-order chi connectivity index (χ1) is 7.50. The van der Waals surface area contributed by atoms with Crippen molar-refractivity contribution in [3.8, 4) is 0 Å². The second kappa shape index (κ2) is 4.28. The fourth-order valence-corrected chi connectivity index (χ4v) is 4.04. The van der Waals surface area contributed by atoms with E-state index in [4.69, 9.17) is 5.73 Å². The predicted octanol–water partition coefficient (Wildman–Crippen LogP) is -0.339. The summed E-state index contributed by atoms with van der Waals surface area (Å²) >= 11 is 1.01. The molecule has 0 saturated carbocycles. The molecule has 2 N–H and O–H groups in total. The summed E-state index contributed by atoms with van der Waals surface area (Å²) in [7, 11) is -1.40. The Bertz CT molecular complexity index is 462. The van der Waals surface area contributed by atoms with E-state index in [1.165, 1.54) is 10.5 Å². The summed E-state index contributed by atoms with van der Waals surface area (Å²) in [4.78, 5) is 5.88. The van der Waals surface area contributed by atoms with Gasteiger partial charge in [0.25, 0.3) is 10.0 Å². The van der Waals surface area contributed by atoms with Crippen LogP contribution < -0.4 is 5.73 Å². The quantitative estimate of drug-likeness (QED) is 0.789. The van der Waals surface area contributed by atoms with Gasteiger partial charge in [0, 0.05) is 26.2 Å². The van der Waals surface area contributed by atoms with Crippen LogP contribution in [0.3, 0.4) is 0 Å². The summed E-state index contributed by atoms with van der Waals surface area (Å²) in [5.74, 6) is 0. The van der Waals surface area contributed by atoms with Crippen LogP contribution in [0.1, 0.15) is 0 Å². The molecule has 0 bridgehead atoms. The van der Waals surface area contributed by atoms with Crippen LogP contribution in [-0.4, -0.2) is 55.8 Å². The highest BCUT2D eigenvalue weighted by atomic mass is 32.2. The van der Waals surface area contributed by atoms with Crippen molar-refractivity contribution in [1.82, 2.24) is 14.2 Å². The van der Waals surface area contributed by atoms with Gasteiger partial charge in [0.05, 0.1) is 6.20 Å². The molecule has 8 heteroatoms. The number of anilines is 1. The number of sulfonamides is 1. The molecule has 1 aromatic heterocycles. The maximum atomic E-state index is 12.1. The lowest BCUT2D eigenvalue weighted by Crippen LogP contribution is -2.46. The minimum absolute atomic E-state index is 0.231. The summed E-state index contributed by atoms with van der Waals surface area (Å²) < 4.78 is 26.0. The second-order valence-corrected chi connectivity index (χ2v) is 6.95. The van der Waals surface area contributed by atoms with Crippen LogP contribution in [0, 0.1) is 0 Å². The number of nitrogen functional groups attached to an aromatic ring is 1. The number of likely N-dealkylation sites (N-methyl/N-ethyl adjacent to an activating group) is 1. The van der Waals surface area contributed by atoms with Gasteiger partial charge in [-0.2, -0.15) is 4.31 Å². The number of hydrogen-bond donors (Lipinski definition) is 1. The smallest absolute Gasteiger partial charge is 0.254 e. The van der Waals surface area contributed by atoms with Crippen molar-refractivity contribution in [3.63, 3.8) is 0 Å². The average molecular weight is 262 g/mol. The number of thiazole rings is 1. The zero-order chi connectivity index (χ0) is 11.8. The number of aromatic nitrogens is 1. The highest BCUT2D eigenvalue weighted by Crippen LogP contribution is 2.24. The van der Waals surface area contributed by atoms with Gasteiger partial charge in [0.2, 0.25) is 0 Å². The number of hydrogen-bond acceptors (Lipinski definition) is 6. The van der Waals surface area contributed by atoms with Crippen LogP contribution in [0.25, 0.3) is 0 Å². The van der Waals surface area contributed by atoms with Gasteiger partial charge in [0.15, 0.2) is 9.34 Å². The van der Waals surface area contributed by atoms with Crippen LogP contribution in [0.2, 0.25) is 0 Å². The Morgan fingerprint density at radius 1 is 1.38 bits per heavy atom. The maximum Gasteiger partial charge on any atom is 0.254 e. The lowest BCUT2D eigenvalue weighted by Gasteiger charge is -2.30. The van der Waals surface area contributed by atoms with Crippen molar-refractivity contribution in [2.45, 2.75) is 4.21 Å². The Labute approximate surface area is 98.7 Å². The van der Waals surface area contributed by atoms with E-state index < -0.39 is 10.0 Å².